The number of nitrogens with one attached hydrogen (secondary N) is 2. The van der Waals surface area contributed by atoms with E-state index in [4.69, 9.17) is 0 Å². The molecule has 2 aromatic rings. The average molecular weight is 372 g/mol. The lowest BCUT2D eigenvalue weighted by atomic mass is 10.1. The molecule has 1 aliphatic rings. The van der Waals surface area contributed by atoms with Crippen LogP contribution in [0.3, 0.4) is 0 Å². The second-order valence-electron chi connectivity index (χ2n) is 8.00. The van der Waals surface area contributed by atoms with E-state index >= 15 is 0 Å². The summed E-state index contributed by atoms with van der Waals surface area (Å²) in [4.78, 5) is 32.8. The summed E-state index contributed by atoms with van der Waals surface area (Å²) in [6.45, 7) is 9.99. The van der Waals surface area contributed by atoms with Gasteiger partial charge in [0, 0.05) is 50.7 Å². The maximum Gasteiger partial charge on any atom is 0.321 e. The van der Waals surface area contributed by atoms with E-state index in [9.17, 15) is 9.59 Å². The van der Waals surface area contributed by atoms with Crippen LogP contribution in [0.1, 0.15) is 26.5 Å². The summed E-state index contributed by atoms with van der Waals surface area (Å²) in [7, 11) is 0. The fourth-order valence-electron chi connectivity index (χ4n) is 3.14. The van der Waals surface area contributed by atoms with Crippen molar-refractivity contribution in [2.75, 3.05) is 32.7 Å². The van der Waals surface area contributed by atoms with Crippen LogP contribution in [0.4, 0.5) is 4.79 Å². The molecule has 0 radical (unpaired) electrons. The molecule has 3 rings (SSSR count). The lowest BCUT2D eigenvalue weighted by Gasteiger charge is -2.33. The molecule has 2 N–H and O–H groups in total. The third-order valence-electron chi connectivity index (χ3n) is 4.37. The first-order valence-corrected chi connectivity index (χ1v) is 9.28. The number of pyridine rings is 1. The molecule has 8 heteroatoms. The number of amides is 3. The highest BCUT2D eigenvalue weighted by atomic mass is 16.2. The molecule has 1 aliphatic heterocycles. The van der Waals surface area contributed by atoms with Gasteiger partial charge in [0.15, 0.2) is 0 Å². The van der Waals surface area contributed by atoms with Crippen LogP contribution in [0, 0.1) is 0 Å². The lowest BCUT2D eigenvalue weighted by molar-refractivity contribution is -0.121. The topological polar surface area (TPSA) is 82.0 Å². The van der Waals surface area contributed by atoms with Crippen molar-refractivity contribution in [3.05, 3.63) is 36.3 Å². The third kappa shape index (κ3) is 5.77. The summed E-state index contributed by atoms with van der Waals surface area (Å²) >= 11 is 0. The molecule has 0 aliphatic carbocycles. The zero-order valence-electron chi connectivity index (χ0n) is 16.2. The van der Waals surface area contributed by atoms with E-state index in [1.807, 2.05) is 49.6 Å². The normalized spacial score (nSPS) is 16.4. The number of carbonyl (C=O) groups is 2. The van der Waals surface area contributed by atoms with Gasteiger partial charge < -0.3 is 9.72 Å². The number of imidazole rings is 1. The Bertz CT molecular complexity index is 769. The van der Waals surface area contributed by atoms with E-state index in [2.05, 4.69) is 31.6 Å². The molecule has 2 aromatic heterocycles. The van der Waals surface area contributed by atoms with Gasteiger partial charge in [0.05, 0.1) is 12.2 Å². The monoisotopic (exact) mass is 372 g/mol. The summed E-state index contributed by atoms with van der Waals surface area (Å²) < 4.78 is 2.03. The molecule has 8 nitrogen and oxygen atoms in total. The predicted molar refractivity (Wildman–Crippen MR) is 103 cm³/mol. The van der Waals surface area contributed by atoms with Crippen molar-refractivity contribution in [1.82, 2.24) is 29.8 Å². The second kappa shape index (κ2) is 8.06. The Morgan fingerprint density at radius 3 is 2.48 bits per heavy atom. The highest BCUT2D eigenvalue weighted by molar-refractivity contribution is 5.95. The third-order valence-corrected chi connectivity index (χ3v) is 4.37. The molecule has 0 atom stereocenters. The maximum atomic E-state index is 12.0. The molecular formula is C19H28N6O2. The van der Waals surface area contributed by atoms with E-state index in [0.29, 0.717) is 0 Å². The second-order valence-corrected chi connectivity index (χ2v) is 8.00. The molecule has 0 unspecified atom stereocenters. The van der Waals surface area contributed by atoms with E-state index in [1.54, 1.807) is 0 Å². The molecule has 0 bridgehead atoms. The minimum absolute atomic E-state index is 0.236. The van der Waals surface area contributed by atoms with Gasteiger partial charge in [-0.15, -0.1) is 0 Å². The van der Waals surface area contributed by atoms with Gasteiger partial charge >= 0.3 is 6.03 Å². The molecule has 0 spiro atoms. The van der Waals surface area contributed by atoms with Crippen LogP contribution in [0.25, 0.3) is 5.65 Å². The summed E-state index contributed by atoms with van der Waals surface area (Å²) in [5.41, 5.74) is 1.64. The highest BCUT2D eigenvalue weighted by Gasteiger charge is 2.21. The fourth-order valence-corrected chi connectivity index (χ4v) is 3.14. The predicted octanol–water partition coefficient (Wildman–Crippen LogP) is 1.08. The number of piperazine rings is 1. The van der Waals surface area contributed by atoms with E-state index < -0.39 is 6.03 Å². The van der Waals surface area contributed by atoms with Crippen LogP contribution in [-0.4, -0.2) is 69.4 Å². The first-order valence-electron chi connectivity index (χ1n) is 9.28. The number of aromatic nitrogens is 2. The maximum absolute atomic E-state index is 12.0. The molecular weight excluding hydrogens is 344 g/mol. The summed E-state index contributed by atoms with van der Waals surface area (Å²) in [6, 6.07) is 5.52. The molecule has 0 aromatic carbocycles. The van der Waals surface area contributed by atoms with Crippen molar-refractivity contribution in [3.63, 3.8) is 0 Å². The molecule has 3 heterocycles. The Labute approximate surface area is 159 Å². The smallest absolute Gasteiger partial charge is 0.321 e. The molecule has 3 amide bonds. The van der Waals surface area contributed by atoms with Gasteiger partial charge in [-0.3, -0.25) is 19.9 Å². The van der Waals surface area contributed by atoms with Crippen molar-refractivity contribution >= 4 is 17.6 Å². The van der Waals surface area contributed by atoms with Crippen LogP contribution in [-0.2, 0) is 11.3 Å². The van der Waals surface area contributed by atoms with Gasteiger partial charge in [-0.05, 0) is 32.9 Å². The van der Waals surface area contributed by atoms with E-state index in [1.165, 1.54) is 0 Å². The highest BCUT2D eigenvalue weighted by Crippen LogP contribution is 2.10. The molecule has 1 saturated heterocycles. The molecule has 27 heavy (non-hydrogen) atoms. The summed E-state index contributed by atoms with van der Waals surface area (Å²) in [6.07, 6.45) is 4.06. The zero-order chi connectivity index (χ0) is 19.4. The van der Waals surface area contributed by atoms with Crippen molar-refractivity contribution in [2.45, 2.75) is 32.9 Å². The summed E-state index contributed by atoms with van der Waals surface area (Å²) in [5.74, 6) is -0.273. The Hall–Kier alpha value is -2.45. The SMILES string of the molecule is CC(C)(C)NC(=O)NC(=O)CN1CCN(Cc2cn3ccccc3n2)CC1. The minimum atomic E-state index is -0.446. The van der Waals surface area contributed by atoms with Gasteiger partial charge in [-0.2, -0.15) is 0 Å². The van der Waals surface area contributed by atoms with Gasteiger partial charge in [-0.25, -0.2) is 9.78 Å². The standard InChI is InChI=1S/C19H28N6O2/c1-19(2,3)22-18(27)21-17(26)14-24-10-8-23(9-11-24)12-15-13-25-7-5-4-6-16(25)20-15/h4-7,13H,8-12,14H2,1-3H3,(H2,21,22,26,27). The van der Waals surface area contributed by atoms with Gasteiger partial charge in [0.25, 0.3) is 0 Å². The average Bonchev–Trinajstić information content (AvgIpc) is 2.97. The first-order chi connectivity index (χ1) is 12.8. The number of imide groups is 1. The Morgan fingerprint density at radius 2 is 1.81 bits per heavy atom. The van der Waals surface area contributed by atoms with Crippen molar-refractivity contribution in [3.8, 4) is 0 Å². The fraction of sp³-hybridized carbons (Fsp3) is 0.526. The van der Waals surface area contributed by atoms with Crippen molar-refractivity contribution < 1.29 is 9.59 Å². The van der Waals surface area contributed by atoms with Crippen molar-refractivity contribution in [1.29, 1.82) is 0 Å². The number of carbonyl (C=O) groups excluding carboxylic acids is 2. The lowest BCUT2D eigenvalue weighted by Crippen LogP contribution is -2.52. The van der Waals surface area contributed by atoms with Crippen LogP contribution in [0.5, 0.6) is 0 Å². The molecule has 1 fully saturated rings. The van der Waals surface area contributed by atoms with Crippen LogP contribution in [0.15, 0.2) is 30.6 Å². The number of hydrogen-bond acceptors (Lipinski definition) is 5. The Balaban J connectivity index is 1.42. The van der Waals surface area contributed by atoms with E-state index in [-0.39, 0.29) is 18.0 Å². The van der Waals surface area contributed by atoms with Gasteiger partial charge in [-0.1, -0.05) is 6.07 Å². The van der Waals surface area contributed by atoms with E-state index in [0.717, 1.165) is 44.1 Å². The molecule has 0 saturated carbocycles. The zero-order valence-corrected chi connectivity index (χ0v) is 16.2. The van der Waals surface area contributed by atoms with Gasteiger partial charge in [0.2, 0.25) is 5.91 Å². The number of nitrogens with zero attached hydrogens (tertiary/aromatic N) is 4. The number of rotatable bonds is 4. The first kappa shape index (κ1) is 19.3. The number of fused-ring (bicyclic) bond motifs is 1. The number of urea groups is 1. The van der Waals surface area contributed by atoms with Crippen LogP contribution < -0.4 is 10.6 Å². The van der Waals surface area contributed by atoms with Crippen LogP contribution in [0.2, 0.25) is 0 Å². The van der Waals surface area contributed by atoms with Gasteiger partial charge in [0.1, 0.15) is 5.65 Å². The Kier molecular flexibility index (Phi) is 5.76. The number of hydrogen-bond donors (Lipinski definition) is 2. The van der Waals surface area contributed by atoms with Crippen LogP contribution >= 0.6 is 0 Å². The largest absolute Gasteiger partial charge is 0.333 e. The minimum Gasteiger partial charge on any atom is -0.333 e. The van der Waals surface area contributed by atoms with Crippen molar-refractivity contribution in [2.24, 2.45) is 0 Å². The quantitative estimate of drug-likeness (QED) is 0.839. The Morgan fingerprint density at radius 1 is 1.11 bits per heavy atom. The molecule has 146 valence electrons. The summed E-state index contributed by atoms with van der Waals surface area (Å²) in [5, 5.41) is 5.12.